The largest absolute Gasteiger partial charge is 0.414 e. The van der Waals surface area contributed by atoms with E-state index in [2.05, 4.69) is 54.6 Å². The number of carbonyl (C=O) groups excluding carboxylic acids is 1. The van der Waals surface area contributed by atoms with Crippen LogP contribution in [0.3, 0.4) is 0 Å². The molecule has 0 spiro atoms. The summed E-state index contributed by atoms with van der Waals surface area (Å²) in [5.74, 6) is 0. The van der Waals surface area contributed by atoms with Gasteiger partial charge in [-0.1, -0.05) is 41.5 Å². The molecule has 21 heavy (non-hydrogen) atoms. The molecule has 0 radical (unpaired) electrons. The van der Waals surface area contributed by atoms with Crippen LogP contribution in [0, 0.1) is 0 Å². The fourth-order valence-electron chi connectivity index (χ4n) is 2.18. The molecule has 0 saturated heterocycles. The molecule has 0 aliphatic rings. The molecule has 1 atom stereocenters. The number of hydrogen-bond donors (Lipinski definition) is 0. The summed E-state index contributed by atoms with van der Waals surface area (Å²) < 4.78 is 12.7. The van der Waals surface area contributed by atoms with Crippen molar-refractivity contribution in [2.45, 2.75) is 90.3 Å². The molecular formula is C16H36O3Si2. The van der Waals surface area contributed by atoms with E-state index in [-0.39, 0.29) is 11.1 Å². The van der Waals surface area contributed by atoms with Gasteiger partial charge in [0.25, 0.3) is 0 Å². The van der Waals surface area contributed by atoms with Crippen LogP contribution in [0.15, 0.2) is 0 Å². The Hall–Kier alpha value is 0.0238. The molecule has 0 aromatic rings. The monoisotopic (exact) mass is 332 g/mol. The fourth-order valence-corrected chi connectivity index (χ4v) is 6.18. The Morgan fingerprint density at radius 3 is 1.86 bits per heavy atom. The van der Waals surface area contributed by atoms with Crippen LogP contribution in [-0.2, 0) is 13.6 Å². The summed E-state index contributed by atoms with van der Waals surface area (Å²) >= 11 is 0. The van der Waals surface area contributed by atoms with E-state index in [1.165, 1.54) is 0 Å². The van der Waals surface area contributed by atoms with Crippen molar-refractivity contribution in [1.29, 1.82) is 0 Å². The summed E-state index contributed by atoms with van der Waals surface area (Å²) in [4.78, 5) is 11.0. The number of rotatable bonds is 10. The van der Waals surface area contributed by atoms with E-state index in [1.54, 1.807) is 0 Å². The molecule has 126 valence electrons. The van der Waals surface area contributed by atoms with Gasteiger partial charge in [-0.05, 0) is 36.3 Å². The lowest BCUT2D eigenvalue weighted by Crippen LogP contribution is -2.47. The zero-order valence-corrected chi connectivity index (χ0v) is 17.4. The first kappa shape index (κ1) is 21.0. The van der Waals surface area contributed by atoms with E-state index in [0.717, 1.165) is 24.4 Å². The minimum Gasteiger partial charge on any atom is -0.414 e. The maximum atomic E-state index is 11.0. The van der Waals surface area contributed by atoms with Crippen molar-refractivity contribution in [3.63, 3.8) is 0 Å². The van der Waals surface area contributed by atoms with Gasteiger partial charge in [-0.15, -0.1) is 0 Å². The highest BCUT2D eigenvalue weighted by atomic mass is 28.4. The second-order valence-electron chi connectivity index (χ2n) is 7.46. The van der Waals surface area contributed by atoms with Gasteiger partial charge in [-0.2, -0.15) is 0 Å². The molecule has 0 N–H and O–H groups in total. The quantitative estimate of drug-likeness (QED) is 0.418. The summed E-state index contributed by atoms with van der Waals surface area (Å²) in [7, 11) is -3.47. The van der Waals surface area contributed by atoms with Gasteiger partial charge in [0.1, 0.15) is 6.29 Å². The highest BCUT2D eigenvalue weighted by Gasteiger charge is 2.39. The second kappa shape index (κ2) is 8.60. The predicted octanol–water partition coefficient (Wildman–Crippen LogP) is 4.99. The first-order chi connectivity index (χ1) is 9.57. The molecule has 0 saturated carbocycles. The van der Waals surface area contributed by atoms with Gasteiger partial charge in [0.2, 0.25) is 0 Å². The van der Waals surface area contributed by atoms with Crippen molar-refractivity contribution in [2.75, 3.05) is 6.61 Å². The van der Waals surface area contributed by atoms with E-state index in [4.69, 9.17) is 8.85 Å². The molecule has 0 bridgehead atoms. The summed E-state index contributed by atoms with van der Waals surface area (Å²) in [5.41, 5.74) is 0. The fraction of sp³-hybridized carbons (Fsp3) is 0.938. The SMILES string of the molecule is CC[Si](CC)(CC)OC[C@H](CC=O)O[Si](C)(C)C(C)(C)C. The Morgan fingerprint density at radius 1 is 1.05 bits per heavy atom. The van der Waals surface area contributed by atoms with E-state index in [1.807, 2.05) is 0 Å². The molecule has 0 fully saturated rings. The Morgan fingerprint density at radius 2 is 1.52 bits per heavy atom. The molecule has 0 aliphatic carbocycles. The summed E-state index contributed by atoms with van der Waals surface area (Å²) in [6.45, 7) is 18.4. The zero-order valence-electron chi connectivity index (χ0n) is 15.4. The van der Waals surface area contributed by atoms with E-state index >= 15 is 0 Å². The molecule has 0 heterocycles. The van der Waals surface area contributed by atoms with E-state index in [9.17, 15) is 4.79 Å². The molecular weight excluding hydrogens is 296 g/mol. The second-order valence-corrected chi connectivity index (χ2v) is 17.0. The average Bonchev–Trinajstić information content (AvgIpc) is 2.39. The molecule has 0 aliphatic heterocycles. The third kappa shape index (κ3) is 6.34. The van der Waals surface area contributed by atoms with Crippen LogP contribution in [-0.4, -0.2) is 35.6 Å². The Labute approximate surface area is 134 Å². The first-order valence-electron chi connectivity index (χ1n) is 8.33. The normalized spacial score (nSPS) is 15.0. The van der Waals surface area contributed by atoms with Crippen molar-refractivity contribution in [1.82, 2.24) is 0 Å². The first-order valence-corrected chi connectivity index (χ1v) is 13.8. The third-order valence-corrected chi connectivity index (χ3v) is 14.3. The Bertz CT molecular complexity index is 299. The third-order valence-electron chi connectivity index (χ3n) is 5.14. The zero-order chi connectivity index (χ0) is 16.7. The predicted molar refractivity (Wildman–Crippen MR) is 95.9 cm³/mol. The van der Waals surface area contributed by atoms with Crippen LogP contribution in [0.25, 0.3) is 0 Å². The van der Waals surface area contributed by atoms with Gasteiger partial charge >= 0.3 is 0 Å². The van der Waals surface area contributed by atoms with Crippen LogP contribution in [0.5, 0.6) is 0 Å². The summed E-state index contributed by atoms with van der Waals surface area (Å²) in [6.07, 6.45) is 1.32. The molecule has 0 aromatic carbocycles. The van der Waals surface area contributed by atoms with Crippen LogP contribution >= 0.6 is 0 Å². The van der Waals surface area contributed by atoms with Crippen molar-refractivity contribution in [3.05, 3.63) is 0 Å². The van der Waals surface area contributed by atoms with Crippen molar-refractivity contribution < 1.29 is 13.6 Å². The van der Waals surface area contributed by atoms with Crippen LogP contribution in [0.4, 0.5) is 0 Å². The van der Waals surface area contributed by atoms with Crippen LogP contribution in [0.1, 0.15) is 48.0 Å². The van der Waals surface area contributed by atoms with Crippen molar-refractivity contribution in [3.8, 4) is 0 Å². The number of carbonyl (C=O) groups is 1. The van der Waals surface area contributed by atoms with Crippen LogP contribution in [0.2, 0.25) is 36.3 Å². The molecule has 0 rings (SSSR count). The topological polar surface area (TPSA) is 35.5 Å². The summed E-state index contributed by atoms with van der Waals surface area (Å²) in [5, 5.41) is 0.156. The molecule has 0 aromatic heterocycles. The van der Waals surface area contributed by atoms with Crippen LogP contribution < -0.4 is 0 Å². The molecule has 0 unspecified atom stereocenters. The minimum atomic E-state index is -1.86. The molecule has 3 nitrogen and oxygen atoms in total. The maximum Gasteiger partial charge on any atom is 0.192 e. The minimum absolute atomic E-state index is 0.0834. The highest BCUT2D eigenvalue weighted by molar-refractivity contribution is 6.74. The van der Waals surface area contributed by atoms with Gasteiger partial charge < -0.3 is 13.6 Å². The van der Waals surface area contributed by atoms with Gasteiger partial charge in [0.15, 0.2) is 16.6 Å². The van der Waals surface area contributed by atoms with Gasteiger partial charge in [0, 0.05) is 6.42 Å². The highest BCUT2D eigenvalue weighted by Crippen LogP contribution is 2.37. The van der Waals surface area contributed by atoms with Gasteiger partial charge in [-0.3, -0.25) is 0 Å². The smallest absolute Gasteiger partial charge is 0.192 e. The lowest BCUT2D eigenvalue weighted by Gasteiger charge is -2.40. The standard InChI is InChI=1S/C16H36O3Si2/c1-9-21(10-2,11-3)18-14-15(12-13-17)19-20(7,8)16(4,5)6/h13,15H,9-12,14H2,1-8H3/t15-/m0/s1. The Kier molecular flexibility index (Phi) is 8.61. The lowest BCUT2D eigenvalue weighted by molar-refractivity contribution is -0.109. The number of hydrogen-bond acceptors (Lipinski definition) is 3. The molecule has 0 amide bonds. The van der Waals surface area contributed by atoms with Crippen molar-refractivity contribution in [2.24, 2.45) is 0 Å². The van der Waals surface area contributed by atoms with E-state index in [0.29, 0.717) is 13.0 Å². The van der Waals surface area contributed by atoms with Gasteiger partial charge in [0.05, 0.1) is 12.7 Å². The van der Waals surface area contributed by atoms with Gasteiger partial charge in [-0.25, -0.2) is 0 Å². The number of aldehydes is 1. The lowest BCUT2D eigenvalue weighted by atomic mass is 10.2. The van der Waals surface area contributed by atoms with E-state index < -0.39 is 16.6 Å². The van der Waals surface area contributed by atoms with Crippen molar-refractivity contribution >= 4 is 22.9 Å². The Balaban J connectivity index is 4.82. The maximum absolute atomic E-state index is 11.0. The summed E-state index contributed by atoms with van der Waals surface area (Å²) in [6, 6.07) is 3.40. The molecule has 5 heteroatoms. The average molecular weight is 333 g/mol.